The fourth-order valence-corrected chi connectivity index (χ4v) is 2.44. The van der Waals surface area contributed by atoms with Crippen molar-refractivity contribution in [1.82, 2.24) is 9.97 Å². The van der Waals surface area contributed by atoms with Crippen LogP contribution >= 0.6 is 43.5 Å². The number of hydrogen-bond acceptors (Lipinski definition) is 7. The molecule has 1 N–H and O–H groups in total. The van der Waals surface area contributed by atoms with E-state index in [1.54, 1.807) is 6.07 Å². The van der Waals surface area contributed by atoms with Crippen molar-refractivity contribution < 1.29 is 28.9 Å². The molecule has 11 heteroatoms. The van der Waals surface area contributed by atoms with Crippen LogP contribution in [0.3, 0.4) is 0 Å². The van der Waals surface area contributed by atoms with Crippen LogP contribution in [-0.2, 0) is 9.47 Å². The summed E-state index contributed by atoms with van der Waals surface area (Å²) in [7, 11) is 2.83. The topological polar surface area (TPSA) is 108 Å². The maximum atomic E-state index is 11.0. The number of carbonyl (C=O) groups excluding carboxylic acids is 1. The summed E-state index contributed by atoms with van der Waals surface area (Å²) < 4.78 is 15.7. The normalized spacial score (nSPS) is 9.81. The van der Waals surface area contributed by atoms with Crippen LogP contribution in [0.5, 0.6) is 5.88 Å². The lowest BCUT2D eigenvalue weighted by Crippen LogP contribution is -2.09. The SMILES string of the molecule is COC(=O)c1cc(Br)cnc1Cl.COCCOc1ncc(Br)cc1C(=O)O. The van der Waals surface area contributed by atoms with Gasteiger partial charge in [0.25, 0.3) is 0 Å². The molecular weight excluding hydrogens is 511 g/mol. The van der Waals surface area contributed by atoms with E-state index in [1.165, 1.54) is 32.7 Å². The van der Waals surface area contributed by atoms with Crippen LogP contribution in [0.2, 0.25) is 5.15 Å². The lowest BCUT2D eigenvalue weighted by Gasteiger charge is -2.07. The Balaban J connectivity index is 0.000000277. The maximum absolute atomic E-state index is 11.0. The first-order chi connectivity index (χ1) is 12.8. The number of esters is 1. The molecule has 0 unspecified atom stereocenters. The molecule has 8 nitrogen and oxygen atoms in total. The molecule has 0 bridgehead atoms. The van der Waals surface area contributed by atoms with E-state index in [4.69, 9.17) is 26.2 Å². The monoisotopic (exact) mass is 524 g/mol. The van der Waals surface area contributed by atoms with Crippen LogP contribution in [-0.4, -0.2) is 54.4 Å². The van der Waals surface area contributed by atoms with Crippen LogP contribution in [0.4, 0.5) is 0 Å². The zero-order chi connectivity index (χ0) is 20.4. The Labute approximate surface area is 177 Å². The number of carbonyl (C=O) groups is 2. The summed E-state index contributed by atoms with van der Waals surface area (Å²) in [5.74, 6) is -1.47. The van der Waals surface area contributed by atoms with Crippen molar-refractivity contribution in [3.8, 4) is 5.88 Å². The van der Waals surface area contributed by atoms with E-state index in [9.17, 15) is 9.59 Å². The molecule has 2 aromatic heterocycles. The van der Waals surface area contributed by atoms with E-state index in [0.717, 1.165) is 0 Å². The molecule has 146 valence electrons. The van der Waals surface area contributed by atoms with Crippen LogP contribution < -0.4 is 4.74 Å². The van der Waals surface area contributed by atoms with Crippen molar-refractivity contribution in [3.05, 3.63) is 49.8 Å². The van der Waals surface area contributed by atoms with Crippen LogP contribution in [0.25, 0.3) is 0 Å². The van der Waals surface area contributed by atoms with Gasteiger partial charge in [-0.25, -0.2) is 19.6 Å². The predicted octanol–water partition coefficient (Wildman–Crippen LogP) is 3.85. The van der Waals surface area contributed by atoms with Gasteiger partial charge in [0.15, 0.2) is 0 Å². The molecule has 0 aromatic carbocycles. The number of ether oxygens (including phenoxy) is 3. The van der Waals surface area contributed by atoms with Gasteiger partial charge in [0, 0.05) is 28.4 Å². The number of methoxy groups -OCH3 is 2. The standard InChI is InChI=1S/C9H10BrNO4.C7H5BrClNO2/c1-14-2-3-15-8-7(9(12)13)4-6(10)5-11-8;1-12-7(11)5-2-4(8)3-10-6(5)9/h4-5H,2-3H2,1H3,(H,12,13);2-3H,1H3. The second-order valence-electron chi connectivity index (χ2n) is 4.64. The van der Waals surface area contributed by atoms with Gasteiger partial charge in [0.1, 0.15) is 17.3 Å². The number of nitrogens with zero attached hydrogens (tertiary/aromatic N) is 2. The lowest BCUT2D eigenvalue weighted by molar-refractivity contribution is 0.0599. The van der Waals surface area contributed by atoms with Gasteiger partial charge in [-0.3, -0.25) is 0 Å². The zero-order valence-corrected chi connectivity index (χ0v) is 18.2. The molecule has 2 heterocycles. The summed E-state index contributed by atoms with van der Waals surface area (Å²) in [6.45, 7) is 0.655. The minimum absolute atomic E-state index is 0.0282. The summed E-state index contributed by atoms with van der Waals surface area (Å²) in [6.07, 6.45) is 2.99. The highest BCUT2D eigenvalue weighted by molar-refractivity contribution is 9.10. The Kier molecular flexibility index (Phi) is 10.2. The first-order valence-corrected chi connectivity index (χ1v) is 9.16. The molecule has 0 saturated heterocycles. The molecule has 0 aliphatic carbocycles. The van der Waals surface area contributed by atoms with E-state index in [1.807, 2.05) is 0 Å². The van der Waals surface area contributed by atoms with E-state index in [-0.39, 0.29) is 28.8 Å². The molecule has 0 amide bonds. The van der Waals surface area contributed by atoms with Gasteiger partial charge in [-0.15, -0.1) is 0 Å². The van der Waals surface area contributed by atoms with Crippen molar-refractivity contribution in [2.75, 3.05) is 27.4 Å². The van der Waals surface area contributed by atoms with Gasteiger partial charge in [-0.2, -0.15) is 0 Å². The molecule has 0 spiro atoms. The highest BCUT2D eigenvalue weighted by Crippen LogP contribution is 2.20. The number of halogens is 3. The molecule has 0 radical (unpaired) electrons. The van der Waals surface area contributed by atoms with E-state index < -0.39 is 11.9 Å². The van der Waals surface area contributed by atoms with Crippen LogP contribution in [0, 0.1) is 0 Å². The molecule has 27 heavy (non-hydrogen) atoms. The van der Waals surface area contributed by atoms with Gasteiger partial charge in [-0.05, 0) is 44.0 Å². The second kappa shape index (κ2) is 11.9. The highest BCUT2D eigenvalue weighted by atomic mass is 79.9. The van der Waals surface area contributed by atoms with Gasteiger partial charge in [0.2, 0.25) is 5.88 Å². The third-order valence-electron chi connectivity index (χ3n) is 2.79. The lowest BCUT2D eigenvalue weighted by atomic mass is 10.3. The first kappa shape index (κ1) is 23.3. The summed E-state index contributed by atoms with van der Waals surface area (Å²) in [5, 5.41) is 9.02. The fourth-order valence-electron chi connectivity index (χ4n) is 1.59. The van der Waals surface area contributed by atoms with Gasteiger partial charge >= 0.3 is 11.9 Å². The van der Waals surface area contributed by atoms with Gasteiger partial charge in [-0.1, -0.05) is 11.6 Å². The number of pyridine rings is 2. The predicted molar refractivity (Wildman–Crippen MR) is 105 cm³/mol. The summed E-state index contributed by atoms with van der Waals surface area (Å²) in [5.41, 5.74) is 0.286. The van der Waals surface area contributed by atoms with Crippen molar-refractivity contribution in [1.29, 1.82) is 0 Å². The first-order valence-electron chi connectivity index (χ1n) is 7.20. The van der Waals surface area contributed by atoms with Crippen LogP contribution in [0.1, 0.15) is 20.7 Å². The van der Waals surface area contributed by atoms with Crippen LogP contribution in [0.15, 0.2) is 33.5 Å². The van der Waals surface area contributed by atoms with E-state index >= 15 is 0 Å². The quantitative estimate of drug-likeness (QED) is 0.344. The summed E-state index contributed by atoms with van der Waals surface area (Å²) in [6, 6.07) is 3.00. The number of rotatable bonds is 6. The zero-order valence-electron chi connectivity index (χ0n) is 14.2. The summed E-state index contributed by atoms with van der Waals surface area (Å²) >= 11 is 11.9. The largest absolute Gasteiger partial charge is 0.477 e. The third kappa shape index (κ3) is 7.79. The Morgan fingerprint density at radius 3 is 2.22 bits per heavy atom. The van der Waals surface area contributed by atoms with E-state index in [2.05, 4.69) is 46.6 Å². The third-order valence-corrected chi connectivity index (χ3v) is 3.95. The Morgan fingerprint density at radius 2 is 1.67 bits per heavy atom. The maximum Gasteiger partial charge on any atom is 0.341 e. The smallest absolute Gasteiger partial charge is 0.341 e. The number of aromatic carboxylic acids is 1. The number of aromatic nitrogens is 2. The molecule has 2 aromatic rings. The van der Waals surface area contributed by atoms with Gasteiger partial charge in [0.05, 0.1) is 19.3 Å². The second-order valence-corrected chi connectivity index (χ2v) is 6.83. The molecule has 0 fully saturated rings. The Bertz CT molecular complexity index is 806. The van der Waals surface area contributed by atoms with E-state index in [0.29, 0.717) is 15.6 Å². The minimum Gasteiger partial charge on any atom is -0.477 e. The molecule has 0 saturated carbocycles. The van der Waals surface area contributed by atoms with Crippen molar-refractivity contribution >= 4 is 55.4 Å². The Morgan fingerprint density at radius 1 is 1.07 bits per heavy atom. The minimum atomic E-state index is -1.07. The number of carboxylic acids is 1. The fraction of sp³-hybridized carbons (Fsp3) is 0.250. The molecule has 0 aliphatic heterocycles. The molecule has 0 aliphatic rings. The molecular formula is C16H15Br2ClN2O6. The van der Waals surface area contributed by atoms with Crippen molar-refractivity contribution in [2.24, 2.45) is 0 Å². The molecule has 0 atom stereocenters. The summed E-state index contributed by atoms with van der Waals surface area (Å²) in [4.78, 5) is 29.5. The Hall–Kier alpha value is -1.75. The average molecular weight is 527 g/mol. The number of carboxylic acid groups (broad SMARTS) is 1. The van der Waals surface area contributed by atoms with Crippen molar-refractivity contribution in [3.63, 3.8) is 0 Å². The highest BCUT2D eigenvalue weighted by Gasteiger charge is 2.13. The molecule has 2 rings (SSSR count). The van der Waals surface area contributed by atoms with Gasteiger partial charge < -0.3 is 19.3 Å². The number of hydrogen-bond donors (Lipinski definition) is 1. The average Bonchev–Trinajstić information content (AvgIpc) is 2.64. The van der Waals surface area contributed by atoms with Crippen molar-refractivity contribution in [2.45, 2.75) is 0 Å².